The molecule has 1 heterocycles. The Labute approximate surface area is 138 Å². The summed E-state index contributed by atoms with van der Waals surface area (Å²) >= 11 is 1.46. The lowest BCUT2D eigenvalue weighted by Crippen LogP contribution is -2.15. The fourth-order valence-electron chi connectivity index (χ4n) is 1.75. The zero-order valence-corrected chi connectivity index (χ0v) is 13.8. The minimum atomic E-state index is -0.519. The first-order valence-corrected chi connectivity index (χ1v) is 7.62. The first-order chi connectivity index (χ1) is 11.0. The molecule has 6 nitrogen and oxygen atoms in total. The van der Waals surface area contributed by atoms with Gasteiger partial charge < -0.3 is 15.4 Å². The second-order valence-corrected chi connectivity index (χ2v) is 5.83. The molecule has 0 unspecified atom stereocenters. The molecule has 2 aromatic rings. The summed E-state index contributed by atoms with van der Waals surface area (Å²) in [7, 11) is 1.51. The topological polar surface area (TPSA) is 87.0 Å². The largest absolute Gasteiger partial charge is 0.495 e. The zero-order valence-electron chi connectivity index (χ0n) is 13.0. The smallest absolute Gasteiger partial charge is 0.267 e. The number of hydrogen-bond donors (Lipinski definition) is 2. The van der Waals surface area contributed by atoms with Crippen molar-refractivity contribution >= 4 is 28.1 Å². The fraction of sp³-hybridized carbons (Fsp3) is 0.188. The number of methoxy groups -OCH3 is 1. The first kappa shape index (κ1) is 16.5. The number of hydrogen-bond acceptors (Lipinski definition) is 6. The van der Waals surface area contributed by atoms with E-state index in [0.717, 1.165) is 10.6 Å². The van der Waals surface area contributed by atoms with Crippen LogP contribution >= 0.6 is 11.3 Å². The molecule has 0 spiro atoms. The number of nitrogens with one attached hydrogen (secondary N) is 2. The number of benzene rings is 1. The summed E-state index contributed by atoms with van der Waals surface area (Å²) in [5.41, 5.74) is 1.37. The van der Waals surface area contributed by atoms with Crippen LogP contribution < -0.4 is 15.4 Å². The number of carbonyl (C=O) groups excluding carboxylic acids is 1. The highest BCUT2D eigenvalue weighted by molar-refractivity contribution is 7.15. The van der Waals surface area contributed by atoms with Crippen molar-refractivity contribution in [2.45, 2.75) is 13.8 Å². The molecule has 1 aromatic heterocycles. The SMILES string of the molecule is COc1ccccc1NC(=O)/C(C#N)=C\Nc1nc(C)c(C)s1. The van der Waals surface area contributed by atoms with Crippen molar-refractivity contribution in [2.75, 3.05) is 17.7 Å². The zero-order chi connectivity index (χ0) is 16.8. The molecule has 2 rings (SSSR count). The number of nitrogens with zero attached hydrogens (tertiary/aromatic N) is 2. The summed E-state index contributed by atoms with van der Waals surface area (Å²) < 4.78 is 5.16. The van der Waals surface area contributed by atoms with E-state index in [9.17, 15) is 10.1 Å². The normalized spacial score (nSPS) is 10.8. The molecular weight excluding hydrogens is 312 g/mol. The summed E-state index contributed by atoms with van der Waals surface area (Å²) in [4.78, 5) is 17.6. The average Bonchev–Trinajstić information content (AvgIpc) is 2.87. The van der Waals surface area contributed by atoms with Gasteiger partial charge in [-0.15, -0.1) is 11.3 Å². The van der Waals surface area contributed by atoms with Gasteiger partial charge in [-0.3, -0.25) is 4.79 Å². The minimum Gasteiger partial charge on any atom is -0.495 e. The van der Waals surface area contributed by atoms with Gasteiger partial charge in [0, 0.05) is 11.1 Å². The van der Waals surface area contributed by atoms with E-state index in [1.54, 1.807) is 24.3 Å². The third kappa shape index (κ3) is 4.08. The van der Waals surface area contributed by atoms with Gasteiger partial charge in [0.1, 0.15) is 17.4 Å². The van der Waals surface area contributed by atoms with Gasteiger partial charge in [-0.25, -0.2) is 4.98 Å². The first-order valence-electron chi connectivity index (χ1n) is 6.80. The third-order valence-corrected chi connectivity index (χ3v) is 4.09. The predicted molar refractivity (Wildman–Crippen MR) is 90.5 cm³/mol. The number of aromatic nitrogens is 1. The quantitative estimate of drug-likeness (QED) is 0.650. The molecule has 0 saturated heterocycles. The van der Waals surface area contributed by atoms with Gasteiger partial charge in [-0.05, 0) is 26.0 Å². The molecule has 1 amide bonds. The molecule has 0 aliphatic rings. The highest BCUT2D eigenvalue weighted by Gasteiger charge is 2.12. The number of rotatable bonds is 5. The molecule has 0 bridgehead atoms. The molecule has 0 radical (unpaired) electrons. The summed E-state index contributed by atoms with van der Waals surface area (Å²) in [6.07, 6.45) is 1.35. The maximum atomic E-state index is 12.2. The number of thiazole rings is 1. The number of carbonyl (C=O) groups is 1. The molecule has 7 heteroatoms. The van der Waals surface area contributed by atoms with E-state index >= 15 is 0 Å². The van der Waals surface area contributed by atoms with Crippen molar-refractivity contribution in [1.29, 1.82) is 5.26 Å². The van der Waals surface area contributed by atoms with Crippen molar-refractivity contribution in [3.05, 3.63) is 46.6 Å². The van der Waals surface area contributed by atoms with E-state index < -0.39 is 5.91 Å². The van der Waals surface area contributed by atoms with Gasteiger partial charge in [0.15, 0.2) is 5.13 Å². The van der Waals surface area contributed by atoms with Crippen molar-refractivity contribution in [3.63, 3.8) is 0 Å². The van der Waals surface area contributed by atoms with Crippen molar-refractivity contribution < 1.29 is 9.53 Å². The van der Waals surface area contributed by atoms with E-state index in [4.69, 9.17) is 4.74 Å². The fourth-order valence-corrected chi connectivity index (χ4v) is 2.54. The van der Waals surface area contributed by atoms with E-state index in [2.05, 4.69) is 15.6 Å². The number of para-hydroxylation sites is 2. The van der Waals surface area contributed by atoms with Gasteiger partial charge >= 0.3 is 0 Å². The number of ether oxygens (including phenoxy) is 1. The van der Waals surface area contributed by atoms with Crippen molar-refractivity contribution in [2.24, 2.45) is 0 Å². The van der Waals surface area contributed by atoms with Crippen LogP contribution in [0.4, 0.5) is 10.8 Å². The Morgan fingerprint density at radius 1 is 1.39 bits per heavy atom. The number of nitriles is 1. The Kier molecular flexibility index (Phi) is 5.33. The highest BCUT2D eigenvalue weighted by Crippen LogP contribution is 2.24. The lowest BCUT2D eigenvalue weighted by atomic mass is 10.2. The van der Waals surface area contributed by atoms with Crippen LogP contribution in [0.3, 0.4) is 0 Å². The van der Waals surface area contributed by atoms with Crippen LogP contribution in [0.25, 0.3) is 0 Å². The maximum absolute atomic E-state index is 12.2. The van der Waals surface area contributed by atoms with Crippen LogP contribution in [0.5, 0.6) is 5.75 Å². The van der Waals surface area contributed by atoms with Crippen LogP contribution in [-0.2, 0) is 4.79 Å². The van der Waals surface area contributed by atoms with Gasteiger partial charge in [0.05, 0.1) is 18.5 Å². The van der Waals surface area contributed by atoms with Gasteiger partial charge in [0.2, 0.25) is 0 Å². The third-order valence-electron chi connectivity index (χ3n) is 3.09. The van der Waals surface area contributed by atoms with E-state index in [0.29, 0.717) is 16.6 Å². The lowest BCUT2D eigenvalue weighted by molar-refractivity contribution is -0.112. The standard InChI is InChI=1S/C16H16N4O2S/c1-10-11(2)23-16(19-10)18-9-12(8-17)15(21)20-13-6-4-5-7-14(13)22-3/h4-7,9H,1-3H3,(H,18,19)(H,20,21)/b12-9-. The summed E-state index contributed by atoms with van der Waals surface area (Å²) in [5.74, 6) is 0.00627. The molecule has 0 aliphatic heterocycles. The molecule has 0 atom stereocenters. The Hall–Kier alpha value is -2.85. The Morgan fingerprint density at radius 2 is 2.13 bits per heavy atom. The number of amides is 1. The minimum absolute atomic E-state index is 0.0542. The summed E-state index contributed by atoms with van der Waals surface area (Å²) in [5, 5.41) is 15.3. The molecule has 2 N–H and O–H groups in total. The van der Waals surface area contributed by atoms with Crippen molar-refractivity contribution in [1.82, 2.24) is 4.98 Å². The molecule has 118 valence electrons. The van der Waals surface area contributed by atoms with E-state index in [1.165, 1.54) is 24.6 Å². The monoisotopic (exact) mass is 328 g/mol. The highest BCUT2D eigenvalue weighted by atomic mass is 32.1. The number of anilines is 2. The summed E-state index contributed by atoms with van der Waals surface area (Å²) in [6.45, 7) is 3.86. The molecule has 1 aromatic carbocycles. The molecular formula is C16H16N4O2S. The average molecular weight is 328 g/mol. The van der Waals surface area contributed by atoms with Gasteiger partial charge in [-0.1, -0.05) is 12.1 Å². The van der Waals surface area contributed by atoms with Crippen LogP contribution in [0.2, 0.25) is 0 Å². The summed E-state index contributed by atoms with van der Waals surface area (Å²) in [6, 6.07) is 8.87. The van der Waals surface area contributed by atoms with Gasteiger partial charge in [-0.2, -0.15) is 5.26 Å². The maximum Gasteiger partial charge on any atom is 0.267 e. The molecule has 0 fully saturated rings. The van der Waals surface area contributed by atoms with Crippen molar-refractivity contribution in [3.8, 4) is 11.8 Å². The Morgan fingerprint density at radius 3 is 2.74 bits per heavy atom. The molecule has 23 heavy (non-hydrogen) atoms. The van der Waals surface area contributed by atoms with Crippen LogP contribution in [0.1, 0.15) is 10.6 Å². The van der Waals surface area contributed by atoms with Crippen LogP contribution in [-0.4, -0.2) is 18.0 Å². The van der Waals surface area contributed by atoms with E-state index in [-0.39, 0.29) is 5.57 Å². The van der Waals surface area contributed by atoms with Crippen LogP contribution in [0, 0.1) is 25.2 Å². The second kappa shape index (κ2) is 7.42. The Bertz CT molecular complexity index is 770. The number of aryl methyl sites for hydroxylation is 2. The molecule has 0 aliphatic carbocycles. The van der Waals surface area contributed by atoms with E-state index in [1.807, 2.05) is 19.9 Å². The van der Waals surface area contributed by atoms with Crippen LogP contribution in [0.15, 0.2) is 36.0 Å². The molecule has 0 saturated carbocycles. The lowest BCUT2D eigenvalue weighted by Gasteiger charge is -2.09. The second-order valence-electron chi connectivity index (χ2n) is 4.63. The van der Waals surface area contributed by atoms with Gasteiger partial charge in [0.25, 0.3) is 5.91 Å². The predicted octanol–water partition coefficient (Wildman–Crippen LogP) is 3.23. The Balaban J connectivity index is 2.12.